The van der Waals surface area contributed by atoms with E-state index in [-0.39, 0.29) is 23.8 Å². The molecule has 0 aliphatic carbocycles. The van der Waals surface area contributed by atoms with Gasteiger partial charge in [0, 0.05) is 31.5 Å². The van der Waals surface area contributed by atoms with Crippen molar-refractivity contribution in [1.29, 1.82) is 0 Å². The number of rotatable bonds is 4. The summed E-state index contributed by atoms with van der Waals surface area (Å²) in [5.74, 6) is 0.129. The summed E-state index contributed by atoms with van der Waals surface area (Å²) < 4.78 is 5.23. The fraction of sp³-hybridized carbons (Fsp3) is 0.400. The van der Waals surface area contributed by atoms with Gasteiger partial charge in [-0.3, -0.25) is 14.6 Å². The van der Waals surface area contributed by atoms with Crippen molar-refractivity contribution in [3.8, 4) is 5.88 Å². The third kappa shape index (κ3) is 3.37. The summed E-state index contributed by atoms with van der Waals surface area (Å²) in [6, 6.07) is 9.16. The first kappa shape index (κ1) is 17.5. The number of hydrogen-bond acceptors (Lipinski definition) is 5. The summed E-state index contributed by atoms with van der Waals surface area (Å²) in [6.07, 6.45) is 5.05. The van der Waals surface area contributed by atoms with Crippen LogP contribution in [0.1, 0.15) is 28.9 Å². The Labute approximate surface area is 158 Å². The molecule has 2 bridgehead atoms. The second kappa shape index (κ2) is 7.34. The van der Waals surface area contributed by atoms with Crippen molar-refractivity contribution in [3.63, 3.8) is 0 Å². The van der Waals surface area contributed by atoms with Crippen molar-refractivity contribution >= 4 is 11.8 Å². The van der Waals surface area contributed by atoms with E-state index in [0.29, 0.717) is 31.1 Å². The number of ether oxygens (including phenoxy) is 1. The van der Waals surface area contributed by atoms with E-state index in [9.17, 15) is 9.59 Å². The van der Waals surface area contributed by atoms with E-state index in [1.54, 1.807) is 29.4 Å². The number of carbonyl (C=O) groups is 2. The van der Waals surface area contributed by atoms with Crippen LogP contribution in [0.25, 0.3) is 0 Å². The van der Waals surface area contributed by atoms with Crippen molar-refractivity contribution in [2.75, 3.05) is 20.2 Å². The number of methoxy groups -OCH3 is 1. The zero-order valence-corrected chi connectivity index (χ0v) is 15.2. The zero-order chi connectivity index (χ0) is 18.8. The Bertz CT molecular complexity index is 842. The second-order valence-corrected chi connectivity index (χ2v) is 6.99. The molecule has 0 spiro atoms. The molecule has 2 amide bonds. The van der Waals surface area contributed by atoms with E-state index in [4.69, 9.17) is 4.74 Å². The molecule has 7 nitrogen and oxygen atoms in total. The van der Waals surface area contributed by atoms with E-state index in [2.05, 4.69) is 9.97 Å². The van der Waals surface area contributed by atoms with Gasteiger partial charge in [0.15, 0.2) is 0 Å². The van der Waals surface area contributed by atoms with E-state index in [1.807, 2.05) is 23.1 Å². The number of amides is 2. The minimum Gasteiger partial charge on any atom is -0.480 e. The van der Waals surface area contributed by atoms with Crippen LogP contribution in [0.4, 0.5) is 0 Å². The van der Waals surface area contributed by atoms with Crippen molar-refractivity contribution in [2.24, 2.45) is 5.92 Å². The minimum absolute atomic E-state index is 0.00451. The van der Waals surface area contributed by atoms with Gasteiger partial charge in [-0.1, -0.05) is 6.07 Å². The quantitative estimate of drug-likeness (QED) is 0.824. The van der Waals surface area contributed by atoms with Crippen LogP contribution in [-0.4, -0.2) is 57.8 Å². The normalized spacial score (nSPS) is 21.9. The van der Waals surface area contributed by atoms with Crippen LogP contribution in [0, 0.1) is 5.92 Å². The van der Waals surface area contributed by atoms with Crippen LogP contribution in [0.15, 0.2) is 42.7 Å². The highest BCUT2D eigenvalue weighted by Gasteiger charge is 2.42. The van der Waals surface area contributed by atoms with Crippen molar-refractivity contribution < 1.29 is 14.3 Å². The lowest BCUT2D eigenvalue weighted by atomic mass is 9.94. The molecule has 7 heteroatoms. The van der Waals surface area contributed by atoms with Gasteiger partial charge in [-0.15, -0.1) is 0 Å². The van der Waals surface area contributed by atoms with Gasteiger partial charge in [-0.05, 0) is 37.1 Å². The third-order valence-electron chi connectivity index (χ3n) is 5.33. The number of nitrogens with zero attached hydrogens (tertiary/aromatic N) is 4. The molecule has 2 atom stereocenters. The van der Waals surface area contributed by atoms with E-state index in [1.165, 1.54) is 7.11 Å². The van der Waals surface area contributed by atoms with Gasteiger partial charge in [0.05, 0.1) is 25.3 Å². The smallest absolute Gasteiger partial charge is 0.259 e. The molecule has 0 aromatic carbocycles. The van der Waals surface area contributed by atoms with Gasteiger partial charge >= 0.3 is 0 Å². The van der Waals surface area contributed by atoms with Crippen LogP contribution >= 0.6 is 0 Å². The molecule has 5 heterocycles. The van der Waals surface area contributed by atoms with Gasteiger partial charge in [-0.2, -0.15) is 0 Å². The molecule has 3 aliphatic heterocycles. The lowest BCUT2D eigenvalue weighted by molar-refractivity contribution is -0.140. The Hall–Kier alpha value is -2.96. The Balaban J connectivity index is 1.57. The average molecular weight is 366 g/mol. The molecule has 2 aromatic rings. The molecule has 3 fully saturated rings. The standard InChI is InChI=1S/C20H22N4O3/c1-27-18-17(6-4-10-22-18)20(26)23-11-14-7-8-16(13-23)24(19(14)25)12-15-5-2-3-9-21-15/h2-6,9-10,14,16H,7-8,11-13H2,1H3/t14-,16+/m0/s1. The number of aromatic nitrogens is 2. The highest BCUT2D eigenvalue weighted by Crippen LogP contribution is 2.31. The van der Waals surface area contributed by atoms with Crippen molar-refractivity contribution in [3.05, 3.63) is 54.0 Å². The lowest BCUT2D eigenvalue weighted by Crippen LogP contribution is -2.47. The topological polar surface area (TPSA) is 75.6 Å². The number of carbonyl (C=O) groups excluding carboxylic acids is 2. The summed E-state index contributed by atoms with van der Waals surface area (Å²) in [7, 11) is 1.50. The Kier molecular flexibility index (Phi) is 4.75. The molecule has 27 heavy (non-hydrogen) atoms. The maximum atomic E-state index is 13.1. The molecule has 0 unspecified atom stereocenters. The Morgan fingerprint density at radius 1 is 1.15 bits per heavy atom. The molecular formula is C20H22N4O3. The number of fused-ring (bicyclic) bond motifs is 4. The molecule has 2 aromatic heterocycles. The van der Waals surface area contributed by atoms with Crippen LogP contribution in [0.3, 0.4) is 0 Å². The predicted octanol–water partition coefficient (Wildman–Crippen LogP) is 1.75. The third-order valence-corrected chi connectivity index (χ3v) is 5.33. The molecule has 3 saturated heterocycles. The molecule has 0 saturated carbocycles. The number of hydrogen-bond donors (Lipinski definition) is 0. The van der Waals surface area contributed by atoms with Crippen LogP contribution in [0.2, 0.25) is 0 Å². The molecule has 140 valence electrons. The van der Waals surface area contributed by atoms with E-state index < -0.39 is 0 Å². The molecular weight excluding hydrogens is 344 g/mol. The first-order chi connectivity index (χ1) is 13.2. The highest BCUT2D eigenvalue weighted by atomic mass is 16.5. The van der Waals surface area contributed by atoms with E-state index in [0.717, 1.165) is 18.5 Å². The second-order valence-electron chi connectivity index (χ2n) is 6.99. The molecule has 5 rings (SSSR count). The first-order valence-electron chi connectivity index (χ1n) is 9.16. The first-order valence-corrected chi connectivity index (χ1v) is 9.16. The monoisotopic (exact) mass is 366 g/mol. The SMILES string of the molecule is COc1ncccc1C(=O)N1C[C@@H]2CC[C@H](C1)N(Cc1ccccn1)C2=O. The van der Waals surface area contributed by atoms with E-state index >= 15 is 0 Å². The maximum absolute atomic E-state index is 13.1. The highest BCUT2D eigenvalue weighted by molar-refractivity contribution is 5.97. The minimum atomic E-state index is -0.168. The lowest BCUT2D eigenvalue weighted by Gasteiger charge is -2.35. The molecule has 3 aliphatic rings. The summed E-state index contributed by atoms with van der Waals surface area (Å²) in [4.78, 5) is 38.2. The van der Waals surface area contributed by atoms with Crippen molar-refractivity contribution in [2.45, 2.75) is 25.4 Å². The summed E-state index contributed by atoms with van der Waals surface area (Å²) >= 11 is 0. The van der Waals surface area contributed by atoms with Gasteiger partial charge < -0.3 is 14.5 Å². The van der Waals surface area contributed by atoms with Crippen LogP contribution in [0.5, 0.6) is 5.88 Å². The summed E-state index contributed by atoms with van der Waals surface area (Å²) in [5, 5.41) is 0. The largest absolute Gasteiger partial charge is 0.480 e. The summed E-state index contributed by atoms with van der Waals surface area (Å²) in [6.45, 7) is 1.44. The Morgan fingerprint density at radius 3 is 2.78 bits per heavy atom. The molecule has 0 radical (unpaired) electrons. The summed E-state index contributed by atoms with van der Waals surface area (Å²) in [5.41, 5.74) is 1.30. The fourth-order valence-corrected chi connectivity index (χ4v) is 3.97. The van der Waals surface area contributed by atoms with Crippen LogP contribution in [-0.2, 0) is 11.3 Å². The van der Waals surface area contributed by atoms with Gasteiger partial charge in [0.1, 0.15) is 5.56 Å². The fourth-order valence-electron chi connectivity index (χ4n) is 3.97. The van der Waals surface area contributed by atoms with Crippen LogP contribution < -0.4 is 4.74 Å². The number of pyridine rings is 2. The van der Waals surface area contributed by atoms with Crippen molar-refractivity contribution in [1.82, 2.24) is 19.8 Å². The van der Waals surface area contributed by atoms with Gasteiger partial charge in [0.2, 0.25) is 11.8 Å². The zero-order valence-electron chi connectivity index (χ0n) is 15.2. The Morgan fingerprint density at radius 2 is 2.00 bits per heavy atom. The van der Waals surface area contributed by atoms with Gasteiger partial charge in [0.25, 0.3) is 5.91 Å². The average Bonchev–Trinajstić information content (AvgIpc) is 3.00. The molecule has 0 N–H and O–H groups in total. The predicted molar refractivity (Wildman–Crippen MR) is 98.0 cm³/mol. The van der Waals surface area contributed by atoms with Gasteiger partial charge in [-0.25, -0.2) is 4.98 Å². The maximum Gasteiger partial charge on any atom is 0.259 e. The number of piperidine rings is 1.